The third kappa shape index (κ3) is 4.37. The molecule has 0 bridgehead atoms. The number of halogens is 3. The summed E-state index contributed by atoms with van der Waals surface area (Å²) in [6, 6.07) is 14.9. The third-order valence-electron chi connectivity index (χ3n) is 3.68. The average molecular weight is 394 g/mol. The first-order chi connectivity index (χ1) is 12.0. The number of rotatable bonds is 5. The fraction of sp³-hybridized carbons (Fsp3) is 0.105. The van der Waals surface area contributed by atoms with Gasteiger partial charge in [-0.05, 0) is 42.8 Å². The number of nitrogens with one attached hydrogen (secondary N) is 1. The Bertz CT molecular complexity index is 899. The molecule has 0 aliphatic rings. The molecule has 3 aromatic rings. The van der Waals surface area contributed by atoms with E-state index in [1.807, 2.05) is 37.3 Å². The van der Waals surface area contributed by atoms with Crippen molar-refractivity contribution in [2.75, 3.05) is 0 Å². The Labute approximate surface area is 161 Å². The van der Waals surface area contributed by atoms with Crippen LogP contribution in [-0.4, -0.2) is 6.21 Å². The van der Waals surface area contributed by atoms with Crippen molar-refractivity contribution < 1.29 is 4.42 Å². The van der Waals surface area contributed by atoms with Gasteiger partial charge in [0.25, 0.3) is 0 Å². The van der Waals surface area contributed by atoms with Crippen LogP contribution in [0.2, 0.25) is 15.1 Å². The maximum absolute atomic E-state index is 6.16. The van der Waals surface area contributed by atoms with E-state index < -0.39 is 0 Å². The molecule has 0 saturated heterocycles. The van der Waals surface area contributed by atoms with Gasteiger partial charge in [0.2, 0.25) is 0 Å². The summed E-state index contributed by atoms with van der Waals surface area (Å²) < 4.78 is 5.76. The zero-order valence-corrected chi connectivity index (χ0v) is 15.7. The van der Waals surface area contributed by atoms with E-state index in [4.69, 9.17) is 39.2 Å². The molecular formula is C19H15Cl3N2O. The lowest BCUT2D eigenvalue weighted by Crippen LogP contribution is -2.06. The Morgan fingerprint density at radius 3 is 2.48 bits per heavy atom. The first-order valence-electron chi connectivity index (χ1n) is 7.60. The molecule has 0 saturated carbocycles. The number of benzene rings is 2. The molecule has 0 aliphatic heterocycles. The molecule has 3 nitrogen and oxygen atoms in total. The van der Waals surface area contributed by atoms with E-state index in [1.54, 1.807) is 24.4 Å². The minimum absolute atomic E-state index is 0.427. The molecule has 0 aliphatic carbocycles. The molecule has 0 fully saturated rings. The predicted octanol–water partition coefficient (Wildman–Crippen LogP) is 6.34. The fourth-order valence-electron chi connectivity index (χ4n) is 2.26. The number of furan rings is 1. The summed E-state index contributed by atoms with van der Waals surface area (Å²) in [4.78, 5) is 0. The van der Waals surface area contributed by atoms with E-state index in [0.717, 1.165) is 22.5 Å². The highest BCUT2D eigenvalue weighted by atomic mass is 35.5. The zero-order valence-electron chi connectivity index (χ0n) is 13.4. The summed E-state index contributed by atoms with van der Waals surface area (Å²) in [7, 11) is 0. The second kappa shape index (κ2) is 7.96. The van der Waals surface area contributed by atoms with Crippen LogP contribution >= 0.6 is 34.8 Å². The second-order valence-electron chi connectivity index (χ2n) is 5.46. The number of hydrazone groups is 1. The summed E-state index contributed by atoms with van der Waals surface area (Å²) in [6.07, 6.45) is 1.60. The fourth-order valence-corrected chi connectivity index (χ4v) is 2.97. The van der Waals surface area contributed by atoms with E-state index in [1.165, 1.54) is 0 Å². The summed E-state index contributed by atoms with van der Waals surface area (Å²) in [5.41, 5.74) is 5.67. The van der Waals surface area contributed by atoms with Gasteiger partial charge < -0.3 is 9.84 Å². The largest absolute Gasteiger partial charge is 0.455 e. The minimum atomic E-state index is 0.427. The molecule has 1 N–H and O–H groups in total. The van der Waals surface area contributed by atoms with Gasteiger partial charge in [0.1, 0.15) is 11.5 Å². The van der Waals surface area contributed by atoms with Crippen molar-refractivity contribution in [1.82, 2.24) is 5.43 Å². The number of hydrogen-bond acceptors (Lipinski definition) is 3. The van der Waals surface area contributed by atoms with Crippen molar-refractivity contribution in [2.24, 2.45) is 5.10 Å². The van der Waals surface area contributed by atoms with Gasteiger partial charge in [0.05, 0.1) is 12.8 Å². The molecule has 1 aromatic heterocycles. The zero-order chi connectivity index (χ0) is 17.8. The first kappa shape index (κ1) is 17.9. The minimum Gasteiger partial charge on any atom is -0.455 e. The summed E-state index contributed by atoms with van der Waals surface area (Å²) >= 11 is 18.4. The smallest absolute Gasteiger partial charge is 0.147 e. The third-order valence-corrected chi connectivity index (χ3v) is 4.80. The number of hydrogen-bond donors (Lipinski definition) is 1. The highest BCUT2D eigenvalue weighted by Gasteiger charge is 2.06. The number of nitrogens with zero attached hydrogens (tertiary/aromatic N) is 1. The molecule has 3 rings (SSSR count). The lowest BCUT2D eigenvalue weighted by molar-refractivity contribution is 0.573. The van der Waals surface area contributed by atoms with E-state index in [-0.39, 0.29) is 0 Å². The summed E-state index contributed by atoms with van der Waals surface area (Å²) in [5, 5.41) is 6.06. The normalized spacial score (nSPS) is 11.2. The molecular weight excluding hydrogens is 379 g/mol. The summed E-state index contributed by atoms with van der Waals surface area (Å²) in [6.45, 7) is 2.39. The molecule has 0 amide bonds. The Balaban J connectivity index is 1.65. The Morgan fingerprint density at radius 2 is 1.76 bits per heavy atom. The number of aryl methyl sites for hydroxylation is 1. The molecule has 0 radical (unpaired) electrons. The van der Waals surface area contributed by atoms with Gasteiger partial charge in [-0.25, -0.2) is 0 Å². The molecule has 1 heterocycles. The lowest BCUT2D eigenvalue weighted by atomic mass is 10.1. The van der Waals surface area contributed by atoms with Gasteiger partial charge in [0.15, 0.2) is 0 Å². The maximum Gasteiger partial charge on any atom is 0.147 e. The van der Waals surface area contributed by atoms with Gasteiger partial charge >= 0.3 is 0 Å². The molecule has 128 valence electrons. The molecule has 0 spiro atoms. The van der Waals surface area contributed by atoms with E-state index in [2.05, 4.69) is 10.5 Å². The Kier molecular flexibility index (Phi) is 5.69. The monoisotopic (exact) mass is 392 g/mol. The Hall–Kier alpha value is -1.94. The van der Waals surface area contributed by atoms with Gasteiger partial charge in [-0.3, -0.25) is 0 Å². The van der Waals surface area contributed by atoms with Crippen molar-refractivity contribution in [3.8, 4) is 11.3 Å². The quantitative estimate of drug-likeness (QED) is 0.406. The van der Waals surface area contributed by atoms with Crippen LogP contribution in [0.25, 0.3) is 11.3 Å². The van der Waals surface area contributed by atoms with Crippen LogP contribution in [0.3, 0.4) is 0 Å². The molecule has 2 aromatic carbocycles. The van der Waals surface area contributed by atoms with E-state index >= 15 is 0 Å². The van der Waals surface area contributed by atoms with Crippen LogP contribution in [0, 0.1) is 6.92 Å². The van der Waals surface area contributed by atoms with Crippen molar-refractivity contribution in [1.29, 1.82) is 0 Å². The van der Waals surface area contributed by atoms with Gasteiger partial charge in [-0.2, -0.15) is 5.10 Å². The second-order valence-corrected chi connectivity index (χ2v) is 6.68. The Morgan fingerprint density at radius 1 is 1.00 bits per heavy atom. The van der Waals surface area contributed by atoms with Crippen LogP contribution in [0.15, 0.2) is 58.0 Å². The molecule has 6 heteroatoms. The van der Waals surface area contributed by atoms with Crippen LogP contribution in [0.4, 0.5) is 0 Å². The van der Waals surface area contributed by atoms with Gasteiger partial charge in [0, 0.05) is 26.2 Å². The van der Waals surface area contributed by atoms with E-state index in [9.17, 15) is 0 Å². The molecule has 0 unspecified atom stereocenters. The maximum atomic E-state index is 6.16. The average Bonchev–Trinajstić information content (AvgIpc) is 3.05. The molecule has 0 atom stereocenters. The summed E-state index contributed by atoms with van der Waals surface area (Å²) in [5.74, 6) is 1.36. The van der Waals surface area contributed by atoms with Gasteiger partial charge in [-0.1, -0.05) is 53.0 Å². The van der Waals surface area contributed by atoms with Crippen LogP contribution in [-0.2, 0) is 6.54 Å². The first-order valence-corrected chi connectivity index (χ1v) is 8.73. The highest BCUT2D eigenvalue weighted by molar-refractivity contribution is 6.36. The predicted molar refractivity (Wildman–Crippen MR) is 105 cm³/mol. The van der Waals surface area contributed by atoms with Crippen molar-refractivity contribution in [3.05, 3.63) is 80.5 Å². The van der Waals surface area contributed by atoms with Crippen molar-refractivity contribution in [2.45, 2.75) is 13.5 Å². The van der Waals surface area contributed by atoms with Crippen LogP contribution in [0.1, 0.15) is 16.9 Å². The highest BCUT2D eigenvalue weighted by Crippen LogP contribution is 2.26. The molecule has 25 heavy (non-hydrogen) atoms. The topological polar surface area (TPSA) is 37.5 Å². The van der Waals surface area contributed by atoms with Crippen molar-refractivity contribution in [3.63, 3.8) is 0 Å². The van der Waals surface area contributed by atoms with Crippen molar-refractivity contribution >= 4 is 41.0 Å². The van der Waals surface area contributed by atoms with E-state index in [0.29, 0.717) is 27.4 Å². The lowest BCUT2D eigenvalue weighted by Gasteiger charge is -2.05. The SMILES string of the molecule is Cc1ccc(-c2ccc(/C=N/NCc3c(Cl)cccc3Cl)o2)cc1Cl. The van der Waals surface area contributed by atoms with Gasteiger partial charge in [-0.15, -0.1) is 0 Å². The van der Waals surface area contributed by atoms with Crippen LogP contribution < -0.4 is 5.43 Å². The van der Waals surface area contributed by atoms with Crippen LogP contribution in [0.5, 0.6) is 0 Å². The standard InChI is InChI=1S/C19H15Cl3N2O/c1-12-5-6-13(9-18(12)22)19-8-7-14(25-19)10-23-24-11-15-16(20)3-2-4-17(15)21/h2-10,24H,11H2,1H3/b23-10+.